The van der Waals surface area contributed by atoms with Gasteiger partial charge in [-0.3, -0.25) is 18.6 Å². The van der Waals surface area contributed by atoms with Crippen molar-refractivity contribution in [2.24, 2.45) is 0 Å². The summed E-state index contributed by atoms with van der Waals surface area (Å²) in [6.45, 7) is 2.50. The molecule has 2 aromatic heterocycles. The fraction of sp³-hybridized carbons (Fsp3) is 0.444. The van der Waals surface area contributed by atoms with Gasteiger partial charge in [-0.05, 0) is 25.0 Å². The van der Waals surface area contributed by atoms with Crippen LogP contribution in [0, 0.1) is 0 Å². The predicted molar refractivity (Wildman–Crippen MR) is 111 cm³/mol. The number of benzene rings is 1. The van der Waals surface area contributed by atoms with Crippen LogP contribution in [0.3, 0.4) is 0 Å². The van der Waals surface area contributed by atoms with Crippen molar-refractivity contribution in [2.75, 3.05) is 17.3 Å². The average Bonchev–Trinajstić information content (AvgIpc) is 3.26. The van der Waals surface area contributed by atoms with Gasteiger partial charge >= 0.3 is 0 Å². The monoisotopic (exact) mass is 435 g/mol. The fourth-order valence-electron chi connectivity index (χ4n) is 3.56. The number of fused-ring (bicyclic) bond motifs is 3. The third-order valence-electron chi connectivity index (χ3n) is 4.86. The molecule has 1 aliphatic rings. The van der Waals surface area contributed by atoms with Crippen LogP contribution in [0.2, 0.25) is 0 Å². The molecule has 4 rings (SSSR count). The van der Waals surface area contributed by atoms with Crippen LogP contribution in [0.5, 0.6) is 0 Å². The van der Waals surface area contributed by atoms with Crippen molar-refractivity contribution in [1.29, 1.82) is 0 Å². The standard InChI is InChI=1S/C18H21N5O4S2/c1-2-8-22-16(25)13-5-3-4-6-14(13)23-17(22)20-21-18(23)28-10-15(24)19-12-7-9-29(26,27)11-12/h3-6,12H,2,7-11H2,1H3,(H,19,24)/t12-/m1/s1. The van der Waals surface area contributed by atoms with Crippen molar-refractivity contribution in [3.05, 3.63) is 34.6 Å². The molecule has 11 heteroatoms. The highest BCUT2D eigenvalue weighted by atomic mass is 32.2. The third-order valence-corrected chi connectivity index (χ3v) is 7.55. The summed E-state index contributed by atoms with van der Waals surface area (Å²) in [5.74, 6) is 0.380. The zero-order valence-corrected chi connectivity index (χ0v) is 17.5. The van der Waals surface area contributed by atoms with E-state index in [-0.39, 0.29) is 34.8 Å². The largest absolute Gasteiger partial charge is 0.352 e. The van der Waals surface area contributed by atoms with E-state index in [2.05, 4.69) is 15.5 Å². The van der Waals surface area contributed by atoms with E-state index in [1.807, 2.05) is 25.1 Å². The lowest BCUT2D eigenvalue weighted by atomic mass is 10.2. The first-order chi connectivity index (χ1) is 13.9. The Kier molecular flexibility index (Phi) is 5.34. The number of carbonyl (C=O) groups is 1. The summed E-state index contributed by atoms with van der Waals surface area (Å²) < 4.78 is 26.5. The molecule has 1 amide bonds. The second kappa shape index (κ2) is 7.79. The Morgan fingerprint density at radius 3 is 2.83 bits per heavy atom. The van der Waals surface area contributed by atoms with Crippen LogP contribution in [-0.4, -0.2) is 56.8 Å². The van der Waals surface area contributed by atoms with Gasteiger partial charge < -0.3 is 5.32 Å². The Hall–Kier alpha value is -2.40. The Morgan fingerprint density at radius 1 is 1.31 bits per heavy atom. The number of para-hydroxylation sites is 1. The van der Waals surface area contributed by atoms with Crippen LogP contribution in [-0.2, 0) is 21.2 Å². The summed E-state index contributed by atoms with van der Waals surface area (Å²) >= 11 is 1.21. The number of sulfone groups is 1. The summed E-state index contributed by atoms with van der Waals surface area (Å²) in [5.41, 5.74) is 0.578. The summed E-state index contributed by atoms with van der Waals surface area (Å²) in [4.78, 5) is 25.1. The molecule has 1 saturated heterocycles. The molecule has 29 heavy (non-hydrogen) atoms. The van der Waals surface area contributed by atoms with Gasteiger partial charge in [-0.15, -0.1) is 10.2 Å². The van der Waals surface area contributed by atoms with Crippen LogP contribution in [0.25, 0.3) is 16.7 Å². The Bertz CT molecular complexity index is 1250. The number of aryl methyl sites for hydroxylation is 1. The van der Waals surface area contributed by atoms with E-state index in [4.69, 9.17) is 0 Å². The normalized spacial score (nSPS) is 18.4. The van der Waals surface area contributed by atoms with E-state index in [9.17, 15) is 18.0 Å². The van der Waals surface area contributed by atoms with Crippen molar-refractivity contribution in [3.63, 3.8) is 0 Å². The number of rotatable bonds is 6. The molecule has 0 aliphatic carbocycles. The Balaban J connectivity index is 1.61. The summed E-state index contributed by atoms with van der Waals surface area (Å²) in [5, 5.41) is 12.2. The molecule has 154 valence electrons. The van der Waals surface area contributed by atoms with Gasteiger partial charge in [0.05, 0.1) is 28.2 Å². The minimum absolute atomic E-state index is 0.00873. The van der Waals surface area contributed by atoms with Crippen molar-refractivity contribution in [3.8, 4) is 0 Å². The zero-order valence-electron chi connectivity index (χ0n) is 15.9. The quantitative estimate of drug-likeness (QED) is 0.571. The second-order valence-electron chi connectivity index (χ2n) is 7.05. The van der Waals surface area contributed by atoms with E-state index in [1.54, 1.807) is 15.0 Å². The number of nitrogens with one attached hydrogen (secondary N) is 1. The highest BCUT2D eigenvalue weighted by Crippen LogP contribution is 2.22. The van der Waals surface area contributed by atoms with Gasteiger partial charge in [0.15, 0.2) is 15.0 Å². The van der Waals surface area contributed by atoms with Crippen molar-refractivity contribution in [2.45, 2.75) is 37.5 Å². The van der Waals surface area contributed by atoms with E-state index in [0.717, 1.165) is 6.42 Å². The van der Waals surface area contributed by atoms with E-state index in [0.29, 0.717) is 34.8 Å². The molecule has 0 bridgehead atoms. The minimum Gasteiger partial charge on any atom is -0.352 e. The number of carbonyl (C=O) groups excluding carboxylic acids is 1. The maximum atomic E-state index is 12.8. The highest BCUT2D eigenvalue weighted by molar-refractivity contribution is 7.99. The highest BCUT2D eigenvalue weighted by Gasteiger charge is 2.29. The summed E-state index contributed by atoms with van der Waals surface area (Å²) in [7, 11) is -3.05. The van der Waals surface area contributed by atoms with Crippen molar-refractivity contribution < 1.29 is 13.2 Å². The second-order valence-corrected chi connectivity index (χ2v) is 10.2. The molecule has 0 unspecified atom stereocenters. The Labute approximate surface area is 171 Å². The summed E-state index contributed by atoms with van der Waals surface area (Å²) in [6.07, 6.45) is 1.22. The lowest BCUT2D eigenvalue weighted by Gasteiger charge is -2.11. The van der Waals surface area contributed by atoms with Crippen LogP contribution >= 0.6 is 11.8 Å². The molecule has 1 atom stereocenters. The maximum absolute atomic E-state index is 12.8. The van der Waals surface area contributed by atoms with E-state index < -0.39 is 9.84 Å². The first-order valence-corrected chi connectivity index (χ1v) is 12.2. The minimum atomic E-state index is -3.05. The SMILES string of the molecule is CCCn1c(=O)c2ccccc2n2c(SCC(=O)N[C@@H]3CCS(=O)(=O)C3)nnc12. The molecule has 1 aromatic carbocycles. The molecule has 1 fully saturated rings. The molecule has 0 spiro atoms. The lowest BCUT2D eigenvalue weighted by molar-refractivity contribution is -0.119. The van der Waals surface area contributed by atoms with Gasteiger partial charge in [-0.25, -0.2) is 8.42 Å². The molecular weight excluding hydrogens is 414 g/mol. The number of aromatic nitrogens is 4. The maximum Gasteiger partial charge on any atom is 0.262 e. The third kappa shape index (κ3) is 3.88. The van der Waals surface area contributed by atoms with Gasteiger partial charge in [0.25, 0.3) is 5.56 Å². The number of hydrogen-bond acceptors (Lipinski definition) is 7. The smallest absolute Gasteiger partial charge is 0.262 e. The van der Waals surface area contributed by atoms with Gasteiger partial charge in [-0.1, -0.05) is 30.8 Å². The average molecular weight is 436 g/mol. The van der Waals surface area contributed by atoms with Crippen LogP contribution in [0.15, 0.2) is 34.2 Å². The van der Waals surface area contributed by atoms with E-state index in [1.165, 1.54) is 11.8 Å². The summed E-state index contributed by atoms with van der Waals surface area (Å²) in [6, 6.07) is 6.92. The number of thioether (sulfide) groups is 1. The molecule has 0 radical (unpaired) electrons. The van der Waals surface area contributed by atoms with Crippen LogP contribution in [0.4, 0.5) is 0 Å². The zero-order chi connectivity index (χ0) is 20.6. The number of nitrogens with zero attached hydrogens (tertiary/aromatic N) is 4. The van der Waals surface area contributed by atoms with Gasteiger partial charge in [-0.2, -0.15) is 0 Å². The van der Waals surface area contributed by atoms with Gasteiger partial charge in [0.1, 0.15) is 0 Å². The first kappa shape index (κ1) is 19.9. The fourth-order valence-corrected chi connectivity index (χ4v) is 5.99. The van der Waals surface area contributed by atoms with Crippen molar-refractivity contribution >= 4 is 44.2 Å². The predicted octanol–water partition coefficient (Wildman–Crippen LogP) is 0.850. The lowest BCUT2D eigenvalue weighted by Crippen LogP contribution is -2.36. The molecular formula is C18H21N5O4S2. The molecule has 9 nitrogen and oxygen atoms in total. The van der Waals surface area contributed by atoms with Crippen LogP contribution in [0.1, 0.15) is 19.8 Å². The van der Waals surface area contributed by atoms with E-state index >= 15 is 0 Å². The number of amides is 1. The molecule has 3 aromatic rings. The van der Waals surface area contributed by atoms with Crippen LogP contribution < -0.4 is 10.9 Å². The van der Waals surface area contributed by atoms with Gasteiger partial charge in [0, 0.05) is 12.6 Å². The molecule has 3 heterocycles. The topological polar surface area (TPSA) is 115 Å². The number of hydrogen-bond donors (Lipinski definition) is 1. The van der Waals surface area contributed by atoms with Crippen molar-refractivity contribution in [1.82, 2.24) is 24.5 Å². The molecule has 0 saturated carbocycles. The molecule has 1 aliphatic heterocycles. The first-order valence-electron chi connectivity index (χ1n) is 9.39. The molecule has 1 N–H and O–H groups in total. The Morgan fingerprint density at radius 2 is 2.10 bits per heavy atom. The van der Waals surface area contributed by atoms with Gasteiger partial charge in [0.2, 0.25) is 11.7 Å².